The van der Waals surface area contributed by atoms with Gasteiger partial charge in [0.05, 0.1) is 71.5 Å². The summed E-state index contributed by atoms with van der Waals surface area (Å²) in [6, 6.07) is 9.60. The van der Waals surface area contributed by atoms with Gasteiger partial charge in [0.1, 0.15) is 47.1 Å². The van der Waals surface area contributed by atoms with E-state index in [9.17, 15) is 54.6 Å². The van der Waals surface area contributed by atoms with Crippen LogP contribution < -0.4 is 31.7 Å². The maximum absolute atomic E-state index is 13.8. The lowest BCUT2D eigenvalue weighted by Crippen LogP contribution is -2.55. The average Bonchev–Trinajstić information content (AvgIpc) is 3.56. The summed E-state index contributed by atoms with van der Waals surface area (Å²) in [5.41, 5.74) is 3.66. The maximum Gasteiger partial charge on any atom is 0.202 e. The number of phenols is 4. The molecule has 414 valence electrons. The molecule has 0 amide bonds. The maximum atomic E-state index is 13.8. The van der Waals surface area contributed by atoms with Crippen molar-refractivity contribution in [1.82, 2.24) is 10.6 Å². The number of nitrogens with two attached hydrogens (primary N) is 1. The smallest absolute Gasteiger partial charge is 0.202 e. The number of aliphatic hydroxyl groups excluding tert-OH is 3. The van der Waals surface area contributed by atoms with Gasteiger partial charge in [0, 0.05) is 99.2 Å². The molecule has 0 aromatic heterocycles. The number of hydrogen-bond acceptors (Lipinski definition) is 23. The topological polar surface area (TPSA) is 367 Å². The van der Waals surface area contributed by atoms with E-state index in [0.717, 1.165) is 19.3 Å². The van der Waals surface area contributed by atoms with Gasteiger partial charge in [-0.05, 0) is 56.5 Å². The van der Waals surface area contributed by atoms with Gasteiger partial charge in [0.15, 0.2) is 24.1 Å². The normalized spacial score (nSPS) is 23.4. The lowest BCUT2D eigenvalue weighted by molar-refractivity contribution is -0.281. The number of hydrogen-bond donors (Lipinski definition) is 13. The SMILES string of the molecule is COc1cccc2c1C(=O)c1c(O)c3c(c(O)c1C2=O)C[C@@](O)(C(=O)CO)CC3O[C@H]1C[C@H](N)[C@H](O[C@@H]2CCCCO2)[C@H](C)O1.O=C1c2c(O)ccc(O)c2C(=O)c2c(NCCNCCO)ccc(NCCNCCO)c21. The molecule has 1 unspecified atom stereocenters. The zero-order valence-corrected chi connectivity index (χ0v) is 42.6. The van der Waals surface area contributed by atoms with E-state index < -0.39 is 114 Å². The fraction of sp³-hybridized carbons (Fsp3) is 0.463. The highest BCUT2D eigenvalue weighted by molar-refractivity contribution is 6.34. The van der Waals surface area contributed by atoms with Gasteiger partial charge in [-0.1, -0.05) is 12.1 Å². The number of Topliss-reactive ketones (excluding diaryl/α,β-unsaturated/α-hetero) is 1. The van der Waals surface area contributed by atoms with E-state index in [1.807, 2.05) is 0 Å². The molecular formula is C54H65N5O18. The molecule has 0 bridgehead atoms. The summed E-state index contributed by atoms with van der Waals surface area (Å²) in [4.78, 5) is 67.0. The molecule has 2 saturated heterocycles. The quantitative estimate of drug-likeness (QED) is 0.0403. The zero-order valence-electron chi connectivity index (χ0n) is 42.6. The van der Waals surface area contributed by atoms with Gasteiger partial charge in [-0.2, -0.15) is 0 Å². The van der Waals surface area contributed by atoms with Crippen LogP contribution >= 0.6 is 0 Å². The first-order chi connectivity index (χ1) is 37.0. The predicted octanol–water partition coefficient (Wildman–Crippen LogP) is 1.41. The van der Waals surface area contributed by atoms with Crippen LogP contribution in [0.2, 0.25) is 0 Å². The summed E-state index contributed by atoms with van der Waals surface area (Å²) >= 11 is 0. The van der Waals surface area contributed by atoms with E-state index in [1.54, 1.807) is 19.1 Å². The molecule has 5 aliphatic rings. The first kappa shape index (κ1) is 56.6. The van der Waals surface area contributed by atoms with Gasteiger partial charge in [0.2, 0.25) is 17.3 Å². The van der Waals surface area contributed by atoms with E-state index in [4.69, 9.17) is 39.6 Å². The van der Waals surface area contributed by atoms with Crippen LogP contribution in [0.5, 0.6) is 28.7 Å². The number of aliphatic hydroxyl groups is 4. The van der Waals surface area contributed by atoms with Crippen LogP contribution in [0.4, 0.5) is 11.4 Å². The summed E-state index contributed by atoms with van der Waals surface area (Å²) in [6.45, 7) is 4.16. The Morgan fingerprint density at radius 2 is 1.31 bits per heavy atom. The second-order valence-electron chi connectivity index (χ2n) is 19.3. The third-order valence-corrected chi connectivity index (χ3v) is 14.3. The minimum absolute atomic E-state index is 0.00939. The van der Waals surface area contributed by atoms with E-state index in [0.29, 0.717) is 57.3 Å². The average molecular weight is 1070 g/mol. The highest BCUT2D eigenvalue weighted by Gasteiger charge is 2.51. The van der Waals surface area contributed by atoms with Gasteiger partial charge in [-0.3, -0.25) is 24.0 Å². The van der Waals surface area contributed by atoms with Crippen LogP contribution in [-0.2, 0) is 30.2 Å². The van der Waals surface area contributed by atoms with Crippen LogP contribution in [0, 0.1) is 0 Å². The molecule has 77 heavy (non-hydrogen) atoms. The highest BCUT2D eigenvalue weighted by atomic mass is 16.7. The Morgan fingerprint density at radius 1 is 0.714 bits per heavy atom. The zero-order chi connectivity index (χ0) is 55.3. The van der Waals surface area contributed by atoms with Gasteiger partial charge >= 0.3 is 0 Å². The number of phenolic OH excluding ortho intramolecular Hbond substituents is 4. The Balaban J connectivity index is 0.000000216. The minimum Gasteiger partial charge on any atom is -0.507 e. The molecule has 2 fully saturated rings. The van der Waals surface area contributed by atoms with Crippen molar-refractivity contribution in [3.8, 4) is 28.7 Å². The van der Waals surface area contributed by atoms with Crippen LogP contribution in [0.25, 0.3) is 0 Å². The van der Waals surface area contributed by atoms with Crippen molar-refractivity contribution in [2.45, 2.75) is 88.0 Å². The molecule has 9 rings (SSSR count). The lowest BCUT2D eigenvalue weighted by Gasteiger charge is -2.43. The van der Waals surface area contributed by atoms with Crippen LogP contribution in [0.15, 0.2) is 42.5 Å². The number of carbonyl (C=O) groups excluding carboxylic acids is 5. The van der Waals surface area contributed by atoms with Crippen molar-refractivity contribution < 1.29 is 88.5 Å². The van der Waals surface area contributed by atoms with E-state index >= 15 is 0 Å². The monoisotopic (exact) mass is 1070 g/mol. The third-order valence-electron chi connectivity index (χ3n) is 14.3. The molecule has 0 spiro atoms. The number of anilines is 2. The molecule has 4 aromatic rings. The van der Waals surface area contributed by atoms with Gasteiger partial charge in [-0.15, -0.1) is 0 Å². The van der Waals surface area contributed by atoms with Crippen LogP contribution in [0.1, 0.15) is 120 Å². The number of methoxy groups -OCH3 is 1. The molecule has 2 heterocycles. The first-order valence-electron chi connectivity index (χ1n) is 25.5. The number of ether oxygens (including phenoxy) is 5. The van der Waals surface area contributed by atoms with Crippen molar-refractivity contribution in [2.75, 3.05) is 83.4 Å². The van der Waals surface area contributed by atoms with E-state index in [1.165, 1.54) is 37.4 Å². The van der Waals surface area contributed by atoms with E-state index in [-0.39, 0.29) is 81.4 Å². The second-order valence-corrected chi connectivity index (χ2v) is 19.3. The number of aromatic hydroxyl groups is 4. The molecule has 2 aliphatic heterocycles. The number of carbonyl (C=O) groups is 5. The highest BCUT2D eigenvalue weighted by Crippen LogP contribution is 2.53. The minimum atomic E-state index is -2.24. The molecule has 23 nitrogen and oxygen atoms in total. The molecule has 0 radical (unpaired) electrons. The summed E-state index contributed by atoms with van der Waals surface area (Å²) < 4.78 is 29.5. The third kappa shape index (κ3) is 11.2. The van der Waals surface area contributed by atoms with Crippen molar-refractivity contribution in [3.63, 3.8) is 0 Å². The van der Waals surface area contributed by atoms with Crippen LogP contribution in [-0.4, -0.2) is 179 Å². The number of benzene rings is 4. The van der Waals surface area contributed by atoms with Crippen molar-refractivity contribution in [1.29, 1.82) is 0 Å². The fourth-order valence-electron chi connectivity index (χ4n) is 10.6. The summed E-state index contributed by atoms with van der Waals surface area (Å²) in [5.74, 6) is -5.53. The first-order valence-corrected chi connectivity index (χ1v) is 25.5. The van der Waals surface area contributed by atoms with Crippen molar-refractivity contribution in [2.24, 2.45) is 5.73 Å². The fourth-order valence-corrected chi connectivity index (χ4v) is 10.6. The summed E-state index contributed by atoms with van der Waals surface area (Å²) in [7, 11) is 1.34. The molecule has 14 N–H and O–H groups in total. The Morgan fingerprint density at radius 3 is 1.86 bits per heavy atom. The Hall–Kier alpha value is -6.61. The predicted molar refractivity (Wildman–Crippen MR) is 274 cm³/mol. The van der Waals surface area contributed by atoms with Crippen molar-refractivity contribution >= 4 is 40.3 Å². The molecule has 0 saturated carbocycles. The number of rotatable bonds is 19. The largest absolute Gasteiger partial charge is 0.507 e. The van der Waals surface area contributed by atoms with Gasteiger partial charge in [0.25, 0.3) is 0 Å². The standard InChI is InChI=1S/C32H37NO12.C22H28N4O6/c1-14-31(45-21-8-3-4-9-42-21)17(33)10-22(43-14)44-19-12-32(40,20(35)13-34)11-16-24(19)30(39)26-25(28(16)37)27(36)15-6-5-7-18(41-2)23(15)29(26)38;27-11-9-23-5-7-25-13-1-2-14(26-8-6-24-10-12-28)18-17(13)21(31)19-15(29)3-4-16(30)20(19)22(18)32/h5-7,14,17,19,21-22,31,34,37,39-40H,3-4,8-13,33H2,1-2H3;1-4,23-30H,5-12H2/t14-,17-,19?,21+,22-,31+,32-;/m0./s1. The number of fused-ring (bicyclic) bond motifs is 5. The number of ketones is 5. The summed E-state index contributed by atoms with van der Waals surface area (Å²) in [5, 5.41) is 94.8. The van der Waals surface area contributed by atoms with E-state index in [2.05, 4.69) is 21.3 Å². The number of nitrogens with one attached hydrogen (secondary N) is 4. The Kier molecular flexibility index (Phi) is 17.9. The molecular weight excluding hydrogens is 1010 g/mol. The lowest BCUT2D eigenvalue weighted by atomic mass is 9.72. The molecule has 4 aromatic carbocycles. The van der Waals surface area contributed by atoms with Crippen LogP contribution in [0.3, 0.4) is 0 Å². The second kappa shape index (κ2) is 24.4. The van der Waals surface area contributed by atoms with Crippen molar-refractivity contribution in [3.05, 3.63) is 98.1 Å². The Bertz CT molecular complexity index is 2820. The van der Waals surface area contributed by atoms with Gasteiger partial charge < -0.3 is 91.5 Å². The molecule has 23 heteroatoms. The molecule has 3 aliphatic carbocycles. The Labute approximate surface area is 442 Å². The van der Waals surface area contributed by atoms with Gasteiger partial charge in [-0.25, -0.2) is 0 Å². The summed E-state index contributed by atoms with van der Waals surface area (Å²) in [6.07, 6.45) is -2.03. The molecule has 7 atom stereocenters.